The average Bonchev–Trinajstić information content (AvgIpc) is 2.38. The van der Waals surface area contributed by atoms with Gasteiger partial charge in [-0.3, -0.25) is 4.79 Å². The highest BCUT2D eigenvalue weighted by Gasteiger charge is 2.16. The van der Waals surface area contributed by atoms with Crippen LogP contribution in [-0.2, 0) is 4.79 Å². The Morgan fingerprint density at radius 1 is 1.11 bits per heavy atom. The molecule has 0 unspecified atom stereocenters. The number of unbranched alkanes of at least 4 members (excludes halogenated alkanes) is 1. The summed E-state index contributed by atoms with van der Waals surface area (Å²) in [6.45, 7) is 9.96. The van der Waals surface area contributed by atoms with E-state index in [4.69, 9.17) is 5.73 Å². The highest BCUT2D eigenvalue weighted by molar-refractivity contribution is 5.75. The molecule has 1 aliphatic heterocycles. The Bertz CT molecular complexity index is 227. The van der Waals surface area contributed by atoms with Crippen LogP contribution in [0.15, 0.2) is 0 Å². The second kappa shape index (κ2) is 9.30. The third-order valence-corrected chi connectivity index (χ3v) is 3.42. The van der Waals surface area contributed by atoms with E-state index in [0.29, 0.717) is 6.42 Å². The second-order valence-corrected chi connectivity index (χ2v) is 4.88. The average molecular weight is 256 g/mol. The monoisotopic (exact) mass is 256 g/mol. The van der Waals surface area contributed by atoms with E-state index in [-0.39, 0.29) is 5.91 Å². The highest BCUT2D eigenvalue weighted by Crippen LogP contribution is 2.04. The molecule has 1 saturated heterocycles. The van der Waals surface area contributed by atoms with Gasteiger partial charge in [-0.05, 0) is 32.9 Å². The van der Waals surface area contributed by atoms with Crippen molar-refractivity contribution in [1.29, 1.82) is 0 Å². The van der Waals surface area contributed by atoms with E-state index in [1.54, 1.807) is 0 Å². The van der Waals surface area contributed by atoms with Crippen LogP contribution in [0.3, 0.4) is 0 Å². The van der Waals surface area contributed by atoms with Gasteiger partial charge in [-0.2, -0.15) is 0 Å². The van der Waals surface area contributed by atoms with Crippen LogP contribution < -0.4 is 11.1 Å². The standard InChI is InChI=1S/C13H28N4O/c1-2-15-13(18)5-8-17-11-9-16(10-12-17)7-4-3-6-14/h2-12,14H2,1H3,(H,15,18). The number of amides is 1. The first-order valence-electron chi connectivity index (χ1n) is 7.17. The van der Waals surface area contributed by atoms with E-state index in [0.717, 1.165) is 52.2 Å². The molecule has 1 heterocycles. The van der Waals surface area contributed by atoms with Crippen molar-refractivity contribution in [2.24, 2.45) is 5.73 Å². The second-order valence-electron chi connectivity index (χ2n) is 4.88. The molecule has 5 nitrogen and oxygen atoms in total. The summed E-state index contributed by atoms with van der Waals surface area (Å²) in [5.74, 6) is 0.169. The molecular weight excluding hydrogens is 228 g/mol. The van der Waals surface area contributed by atoms with Gasteiger partial charge in [0.15, 0.2) is 0 Å². The van der Waals surface area contributed by atoms with Crippen LogP contribution in [0.25, 0.3) is 0 Å². The zero-order valence-corrected chi connectivity index (χ0v) is 11.7. The quantitative estimate of drug-likeness (QED) is 0.594. The van der Waals surface area contributed by atoms with Gasteiger partial charge < -0.3 is 20.9 Å². The molecule has 1 fully saturated rings. The smallest absolute Gasteiger partial charge is 0.221 e. The number of rotatable bonds is 8. The van der Waals surface area contributed by atoms with Crippen molar-refractivity contribution in [3.63, 3.8) is 0 Å². The lowest BCUT2D eigenvalue weighted by molar-refractivity contribution is -0.121. The fraction of sp³-hybridized carbons (Fsp3) is 0.923. The van der Waals surface area contributed by atoms with Crippen molar-refractivity contribution in [3.8, 4) is 0 Å². The Morgan fingerprint density at radius 3 is 2.28 bits per heavy atom. The van der Waals surface area contributed by atoms with Gasteiger partial charge in [0.05, 0.1) is 0 Å². The number of carbonyl (C=O) groups is 1. The van der Waals surface area contributed by atoms with E-state index in [2.05, 4.69) is 15.1 Å². The van der Waals surface area contributed by atoms with E-state index < -0.39 is 0 Å². The van der Waals surface area contributed by atoms with Gasteiger partial charge in [-0.15, -0.1) is 0 Å². The maximum Gasteiger partial charge on any atom is 0.221 e. The largest absolute Gasteiger partial charge is 0.356 e. The molecule has 1 amide bonds. The Morgan fingerprint density at radius 2 is 1.72 bits per heavy atom. The third-order valence-electron chi connectivity index (χ3n) is 3.42. The molecule has 0 saturated carbocycles. The number of nitrogens with two attached hydrogens (primary N) is 1. The highest BCUT2D eigenvalue weighted by atomic mass is 16.1. The fourth-order valence-corrected chi connectivity index (χ4v) is 2.26. The number of hydrogen-bond acceptors (Lipinski definition) is 4. The summed E-state index contributed by atoms with van der Waals surface area (Å²) in [5.41, 5.74) is 5.49. The number of piperazine rings is 1. The van der Waals surface area contributed by atoms with Crippen LogP contribution in [0.1, 0.15) is 26.2 Å². The first-order valence-corrected chi connectivity index (χ1v) is 7.17. The van der Waals surface area contributed by atoms with Gasteiger partial charge in [0.1, 0.15) is 0 Å². The first-order chi connectivity index (χ1) is 8.76. The van der Waals surface area contributed by atoms with E-state index in [9.17, 15) is 4.79 Å². The molecule has 0 atom stereocenters. The fourth-order valence-electron chi connectivity index (χ4n) is 2.26. The van der Waals surface area contributed by atoms with Crippen LogP contribution in [0.5, 0.6) is 0 Å². The van der Waals surface area contributed by atoms with Gasteiger partial charge in [0, 0.05) is 45.7 Å². The van der Waals surface area contributed by atoms with Crippen LogP contribution in [0, 0.1) is 0 Å². The molecule has 18 heavy (non-hydrogen) atoms. The van der Waals surface area contributed by atoms with Crippen LogP contribution in [-0.4, -0.2) is 68.1 Å². The van der Waals surface area contributed by atoms with Crippen molar-refractivity contribution in [1.82, 2.24) is 15.1 Å². The van der Waals surface area contributed by atoms with Crippen LogP contribution in [0.4, 0.5) is 0 Å². The van der Waals surface area contributed by atoms with Gasteiger partial charge in [0.2, 0.25) is 5.91 Å². The van der Waals surface area contributed by atoms with Crippen molar-refractivity contribution in [2.75, 3.05) is 52.4 Å². The molecule has 0 radical (unpaired) electrons. The summed E-state index contributed by atoms with van der Waals surface area (Å²) in [4.78, 5) is 16.2. The summed E-state index contributed by atoms with van der Waals surface area (Å²) in [6, 6.07) is 0. The summed E-state index contributed by atoms with van der Waals surface area (Å²) < 4.78 is 0. The lowest BCUT2D eigenvalue weighted by Gasteiger charge is -2.34. The van der Waals surface area contributed by atoms with Gasteiger partial charge in [-0.1, -0.05) is 0 Å². The minimum absolute atomic E-state index is 0.169. The van der Waals surface area contributed by atoms with Crippen LogP contribution in [0.2, 0.25) is 0 Å². The van der Waals surface area contributed by atoms with Crippen LogP contribution >= 0.6 is 0 Å². The van der Waals surface area contributed by atoms with Gasteiger partial charge in [-0.25, -0.2) is 0 Å². The molecule has 0 aromatic heterocycles. The maximum absolute atomic E-state index is 11.4. The summed E-state index contributed by atoms with van der Waals surface area (Å²) in [7, 11) is 0. The molecule has 5 heteroatoms. The maximum atomic E-state index is 11.4. The Balaban J connectivity index is 2.06. The number of nitrogens with one attached hydrogen (secondary N) is 1. The normalized spacial score (nSPS) is 17.9. The molecular formula is C13H28N4O. The molecule has 1 aliphatic rings. The van der Waals surface area contributed by atoms with Gasteiger partial charge in [0.25, 0.3) is 0 Å². The molecule has 0 aromatic carbocycles. The van der Waals surface area contributed by atoms with E-state index >= 15 is 0 Å². The molecule has 0 aliphatic carbocycles. The lowest BCUT2D eigenvalue weighted by atomic mass is 10.2. The minimum atomic E-state index is 0.169. The molecule has 0 aromatic rings. The number of hydrogen-bond donors (Lipinski definition) is 2. The third kappa shape index (κ3) is 6.33. The topological polar surface area (TPSA) is 61.6 Å². The summed E-state index contributed by atoms with van der Waals surface area (Å²) in [5, 5.41) is 2.84. The first kappa shape index (κ1) is 15.4. The lowest BCUT2D eigenvalue weighted by Crippen LogP contribution is -2.47. The van der Waals surface area contributed by atoms with Gasteiger partial charge >= 0.3 is 0 Å². The zero-order valence-electron chi connectivity index (χ0n) is 11.7. The summed E-state index contributed by atoms with van der Waals surface area (Å²) >= 11 is 0. The molecule has 3 N–H and O–H groups in total. The predicted octanol–water partition coefficient (Wildman–Crippen LogP) is -0.131. The molecule has 0 bridgehead atoms. The molecule has 106 valence electrons. The Labute approximate surface area is 111 Å². The predicted molar refractivity (Wildman–Crippen MR) is 74.5 cm³/mol. The van der Waals surface area contributed by atoms with Crippen molar-refractivity contribution in [2.45, 2.75) is 26.2 Å². The zero-order chi connectivity index (χ0) is 13.2. The number of nitrogens with zero attached hydrogens (tertiary/aromatic N) is 2. The minimum Gasteiger partial charge on any atom is -0.356 e. The summed E-state index contributed by atoms with van der Waals surface area (Å²) in [6.07, 6.45) is 2.95. The van der Waals surface area contributed by atoms with E-state index in [1.165, 1.54) is 13.0 Å². The van der Waals surface area contributed by atoms with Crippen molar-refractivity contribution in [3.05, 3.63) is 0 Å². The number of carbonyl (C=O) groups excluding carboxylic acids is 1. The Kier molecular flexibility index (Phi) is 7.96. The van der Waals surface area contributed by atoms with Crippen molar-refractivity contribution < 1.29 is 4.79 Å². The SMILES string of the molecule is CCNC(=O)CCN1CCN(CCCCN)CC1. The van der Waals surface area contributed by atoms with E-state index in [1.807, 2.05) is 6.92 Å². The van der Waals surface area contributed by atoms with Crippen molar-refractivity contribution >= 4 is 5.91 Å². The molecule has 1 rings (SSSR count). The molecule has 0 spiro atoms. The Hall–Kier alpha value is -0.650.